The van der Waals surface area contributed by atoms with Crippen molar-refractivity contribution in [3.8, 4) is 11.5 Å². The maximum Gasteiger partial charge on any atom is 0.161 e. The molecule has 0 fully saturated rings. The molecule has 0 spiro atoms. The van der Waals surface area contributed by atoms with Crippen molar-refractivity contribution in [3.05, 3.63) is 24.3 Å². The van der Waals surface area contributed by atoms with Gasteiger partial charge in [-0.2, -0.15) is 0 Å². The number of rotatable bonds is 11. The van der Waals surface area contributed by atoms with E-state index in [1.807, 2.05) is 31.2 Å². The van der Waals surface area contributed by atoms with Crippen LogP contribution in [0.2, 0.25) is 0 Å². The van der Waals surface area contributed by atoms with Gasteiger partial charge < -0.3 is 14.8 Å². The lowest BCUT2D eigenvalue weighted by Crippen LogP contribution is -2.29. The third-order valence-corrected chi connectivity index (χ3v) is 3.28. The minimum Gasteiger partial charge on any atom is -0.490 e. The van der Waals surface area contributed by atoms with Crippen molar-refractivity contribution in [1.29, 1.82) is 0 Å². The van der Waals surface area contributed by atoms with Gasteiger partial charge in [-0.25, -0.2) is 0 Å². The molecule has 1 rings (SSSR count). The van der Waals surface area contributed by atoms with Crippen LogP contribution in [0, 0.1) is 0 Å². The minimum atomic E-state index is 0.612. The number of ether oxygens (including phenoxy) is 2. The first-order chi connectivity index (χ1) is 9.81. The summed E-state index contributed by atoms with van der Waals surface area (Å²) >= 11 is 0. The first-order valence-electron chi connectivity index (χ1n) is 7.89. The van der Waals surface area contributed by atoms with Gasteiger partial charge in [0.15, 0.2) is 11.5 Å². The summed E-state index contributed by atoms with van der Waals surface area (Å²) in [5.41, 5.74) is 0. The van der Waals surface area contributed by atoms with Gasteiger partial charge in [-0.15, -0.1) is 0 Å². The molecule has 0 bridgehead atoms. The highest BCUT2D eigenvalue weighted by Gasteiger charge is 2.06. The van der Waals surface area contributed by atoms with E-state index < -0.39 is 0 Å². The molecule has 20 heavy (non-hydrogen) atoms. The molecular weight excluding hydrogens is 250 g/mol. The molecule has 1 aromatic carbocycles. The number of nitrogens with one attached hydrogen (secondary N) is 1. The van der Waals surface area contributed by atoms with E-state index in [1.165, 1.54) is 12.8 Å². The zero-order chi connectivity index (χ0) is 14.6. The van der Waals surface area contributed by atoms with E-state index in [1.54, 1.807) is 0 Å². The third-order valence-electron chi connectivity index (χ3n) is 3.28. The summed E-state index contributed by atoms with van der Waals surface area (Å²) in [6, 6.07) is 8.49. The summed E-state index contributed by atoms with van der Waals surface area (Å²) in [6.45, 7) is 8.94. The first kappa shape index (κ1) is 16.8. The fourth-order valence-corrected chi connectivity index (χ4v) is 2.15. The molecule has 3 heteroatoms. The molecule has 3 nitrogen and oxygen atoms in total. The first-order valence-corrected chi connectivity index (χ1v) is 7.89. The van der Waals surface area contributed by atoms with Crippen LogP contribution in [0.1, 0.15) is 46.5 Å². The molecule has 0 aliphatic rings. The van der Waals surface area contributed by atoms with E-state index >= 15 is 0 Å². The fraction of sp³-hybridized carbons (Fsp3) is 0.647. The molecule has 0 aliphatic carbocycles. The minimum absolute atomic E-state index is 0.612. The van der Waals surface area contributed by atoms with Gasteiger partial charge in [-0.05, 0) is 51.3 Å². The summed E-state index contributed by atoms with van der Waals surface area (Å²) < 4.78 is 11.4. The quantitative estimate of drug-likeness (QED) is 0.621. The number of benzene rings is 1. The van der Waals surface area contributed by atoms with E-state index in [2.05, 4.69) is 19.2 Å². The lowest BCUT2D eigenvalue weighted by atomic mass is 10.1. The third kappa shape index (κ3) is 6.29. The average Bonchev–Trinajstić information content (AvgIpc) is 2.48. The zero-order valence-corrected chi connectivity index (χ0v) is 13.2. The summed E-state index contributed by atoms with van der Waals surface area (Å²) in [7, 11) is 0. The Hall–Kier alpha value is -1.22. The molecule has 1 atom stereocenters. The van der Waals surface area contributed by atoms with Crippen LogP contribution in [-0.2, 0) is 0 Å². The SMILES string of the molecule is CCCNC(CC)CCCOc1ccccc1OCC. The van der Waals surface area contributed by atoms with Crippen molar-refractivity contribution >= 4 is 0 Å². The van der Waals surface area contributed by atoms with Crippen LogP contribution in [0.3, 0.4) is 0 Å². The highest BCUT2D eigenvalue weighted by atomic mass is 16.5. The van der Waals surface area contributed by atoms with Crippen molar-refractivity contribution in [2.75, 3.05) is 19.8 Å². The van der Waals surface area contributed by atoms with Crippen molar-refractivity contribution in [1.82, 2.24) is 5.32 Å². The average molecular weight is 279 g/mol. The molecule has 1 aromatic rings. The van der Waals surface area contributed by atoms with Gasteiger partial charge in [0.1, 0.15) is 0 Å². The lowest BCUT2D eigenvalue weighted by molar-refractivity contribution is 0.265. The Morgan fingerprint density at radius 3 is 2.35 bits per heavy atom. The van der Waals surface area contributed by atoms with Gasteiger partial charge in [0, 0.05) is 6.04 Å². The van der Waals surface area contributed by atoms with Crippen LogP contribution in [0.4, 0.5) is 0 Å². The fourth-order valence-electron chi connectivity index (χ4n) is 2.15. The standard InChI is InChI=1S/C17H29NO2/c1-4-13-18-15(5-2)10-9-14-20-17-12-8-7-11-16(17)19-6-3/h7-8,11-12,15,18H,4-6,9-10,13-14H2,1-3H3. The summed E-state index contributed by atoms with van der Waals surface area (Å²) in [4.78, 5) is 0. The zero-order valence-electron chi connectivity index (χ0n) is 13.2. The van der Waals surface area contributed by atoms with E-state index in [9.17, 15) is 0 Å². The predicted octanol–water partition coefficient (Wildman–Crippen LogP) is 4.02. The summed E-state index contributed by atoms with van der Waals surface area (Å²) in [5, 5.41) is 3.57. The second-order valence-electron chi connectivity index (χ2n) is 4.93. The van der Waals surface area contributed by atoms with Crippen molar-refractivity contribution in [2.24, 2.45) is 0 Å². The van der Waals surface area contributed by atoms with Crippen LogP contribution >= 0.6 is 0 Å². The normalized spacial score (nSPS) is 12.2. The van der Waals surface area contributed by atoms with Crippen LogP contribution in [0.15, 0.2) is 24.3 Å². The van der Waals surface area contributed by atoms with Gasteiger partial charge >= 0.3 is 0 Å². The molecule has 0 radical (unpaired) electrons. The van der Waals surface area contributed by atoms with Crippen LogP contribution < -0.4 is 14.8 Å². The second kappa shape index (κ2) is 10.6. The van der Waals surface area contributed by atoms with Crippen LogP contribution in [-0.4, -0.2) is 25.8 Å². The smallest absolute Gasteiger partial charge is 0.161 e. The van der Waals surface area contributed by atoms with Gasteiger partial charge in [0.2, 0.25) is 0 Å². The van der Waals surface area contributed by atoms with Gasteiger partial charge in [-0.3, -0.25) is 0 Å². The molecule has 0 amide bonds. The Morgan fingerprint density at radius 2 is 1.75 bits per heavy atom. The van der Waals surface area contributed by atoms with Crippen molar-refractivity contribution < 1.29 is 9.47 Å². The van der Waals surface area contributed by atoms with E-state index in [-0.39, 0.29) is 0 Å². The Kier molecular flexibility index (Phi) is 8.88. The highest BCUT2D eigenvalue weighted by molar-refractivity contribution is 5.39. The second-order valence-corrected chi connectivity index (χ2v) is 4.93. The molecule has 1 unspecified atom stereocenters. The molecule has 0 saturated carbocycles. The van der Waals surface area contributed by atoms with Crippen LogP contribution in [0.5, 0.6) is 11.5 Å². The highest BCUT2D eigenvalue weighted by Crippen LogP contribution is 2.26. The van der Waals surface area contributed by atoms with Gasteiger partial charge in [0.05, 0.1) is 13.2 Å². The Bertz CT molecular complexity index is 355. The topological polar surface area (TPSA) is 30.5 Å². The van der Waals surface area contributed by atoms with Crippen molar-refractivity contribution in [2.45, 2.75) is 52.5 Å². The number of hydrogen-bond acceptors (Lipinski definition) is 3. The molecular formula is C17H29NO2. The number of hydrogen-bond donors (Lipinski definition) is 1. The Balaban J connectivity index is 2.29. The number of para-hydroxylation sites is 2. The maximum absolute atomic E-state index is 5.84. The summed E-state index contributed by atoms with van der Waals surface area (Å²) in [5.74, 6) is 1.69. The molecule has 0 aliphatic heterocycles. The Morgan fingerprint density at radius 1 is 1.05 bits per heavy atom. The molecule has 114 valence electrons. The lowest BCUT2D eigenvalue weighted by Gasteiger charge is -2.17. The monoisotopic (exact) mass is 279 g/mol. The van der Waals surface area contributed by atoms with Gasteiger partial charge in [0.25, 0.3) is 0 Å². The predicted molar refractivity (Wildman–Crippen MR) is 84.7 cm³/mol. The van der Waals surface area contributed by atoms with E-state index in [0.29, 0.717) is 12.6 Å². The van der Waals surface area contributed by atoms with Crippen molar-refractivity contribution in [3.63, 3.8) is 0 Å². The van der Waals surface area contributed by atoms with Gasteiger partial charge in [-0.1, -0.05) is 26.0 Å². The van der Waals surface area contributed by atoms with E-state index in [0.717, 1.165) is 37.5 Å². The van der Waals surface area contributed by atoms with Crippen LogP contribution in [0.25, 0.3) is 0 Å². The molecule has 0 heterocycles. The Labute approximate surface area is 123 Å². The summed E-state index contributed by atoms with van der Waals surface area (Å²) in [6.07, 6.45) is 4.59. The molecule has 0 aromatic heterocycles. The largest absolute Gasteiger partial charge is 0.490 e. The maximum atomic E-state index is 5.84. The molecule has 1 N–H and O–H groups in total. The van der Waals surface area contributed by atoms with E-state index in [4.69, 9.17) is 9.47 Å². The molecule has 0 saturated heterocycles.